The summed E-state index contributed by atoms with van der Waals surface area (Å²) in [5.74, 6) is -0.794. The molecule has 3 rings (SSSR count). The number of carbonyl (C=O) groups excluding carboxylic acids is 2. The average molecular weight is 412 g/mol. The van der Waals surface area contributed by atoms with Crippen LogP contribution in [-0.2, 0) is 20.9 Å². The lowest BCUT2D eigenvalue weighted by Gasteiger charge is -2.36. The Labute approximate surface area is 177 Å². The minimum absolute atomic E-state index is 0.0110. The van der Waals surface area contributed by atoms with Crippen LogP contribution in [0.4, 0.5) is 0 Å². The monoisotopic (exact) mass is 411 g/mol. The molecule has 0 saturated carbocycles. The summed E-state index contributed by atoms with van der Waals surface area (Å²) in [6.45, 7) is 6.49. The van der Waals surface area contributed by atoms with E-state index < -0.39 is 5.92 Å². The van der Waals surface area contributed by atoms with E-state index in [1.165, 1.54) is 0 Å². The number of nitrogens with zero attached hydrogens (tertiary/aromatic N) is 1. The van der Waals surface area contributed by atoms with Gasteiger partial charge in [0.25, 0.3) is 0 Å². The van der Waals surface area contributed by atoms with Crippen LogP contribution in [0.2, 0.25) is 5.02 Å². The molecule has 2 aromatic rings. The first kappa shape index (κ1) is 21.1. The third-order valence-electron chi connectivity index (χ3n) is 5.37. The molecular formula is C24H26ClNO3. The van der Waals surface area contributed by atoms with Crippen LogP contribution < -0.4 is 0 Å². The van der Waals surface area contributed by atoms with Gasteiger partial charge in [0.15, 0.2) is 0 Å². The molecule has 152 valence electrons. The van der Waals surface area contributed by atoms with Gasteiger partial charge in [0.2, 0.25) is 5.91 Å². The predicted molar refractivity (Wildman–Crippen MR) is 114 cm³/mol. The first-order valence-corrected chi connectivity index (χ1v) is 10.3. The molecule has 0 bridgehead atoms. The van der Waals surface area contributed by atoms with E-state index in [0.717, 1.165) is 16.7 Å². The molecule has 0 saturated heterocycles. The highest BCUT2D eigenvalue weighted by molar-refractivity contribution is 6.31. The second-order valence-electron chi connectivity index (χ2n) is 7.12. The second kappa shape index (κ2) is 9.27. The first-order valence-electron chi connectivity index (χ1n) is 9.97. The van der Waals surface area contributed by atoms with Crippen molar-refractivity contribution in [1.82, 2.24) is 4.90 Å². The molecule has 2 aromatic carbocycles. The van der Waals surface area contributed by atoms with Gasteiger partial charge >= 0.3 is 5.97 Å². The number of amides is 1. The van der Waals surface area contributed by atoms with Gasteiger partial charge in [-0.1, -0.05) is 61.0 Å². The van der Waals surface area contributed by atoms with Crippen molar-refractivity contribution in [2.75, 3.05) is 6.61 Å². The molecule has 1 amide bonds. The maximum atomic E-state index is 13.2. The van der Waals surface area contributed by atoms with Crippen LogP contribution in [-0.4, -0.2) is 23.4 Å². The molecule has 0 unspecified atom stereocenters. The van der Waals surface area contributed by atoms with E-state index >= 15 is 0 Å². The van der Waals surface area contributed by atoms with Crippen LogP contribution in [0.15, 0.2) is 59.8 Å². The predicted octanol–water partition coefficient (Wildman–Crippen LogP) is 5.39. The number of halogens is 1. The van der Waals surface area contributed by atoms with E-state index in [9.17, 15) is 9.59 Å². The van der Waals surface area contributed by atoms with Gasteiger partial charge in [-0.05, 0) is 43.0 Å². The molecule has 0 radical (unpaired) electrons. The molecular weight excluding hydrogens is 386 g/mol. The smallest absolute Gasteiger partial charge is 0.336 e. The van der Waals surface area contributed by atoms with Crippen molar-refractivity contribution < 1.29 is 14.3 Å². The van der Waals surface area contributed by atoms with E-state index in [1.54, 1.807) is 17.9 Å². The first-order chi connectivity index (χ1) is 14.0. The lowest BCUT2D eigenvalue weighted by molar-refractivity contribution is -0.140. The molecule has 1 aliphatic rings. The fourth-order valence-corrected chi connectivity index (χ4v) is 4.17. The Morgan fingerprint density at radius 1 is 1.14 bits per heavy atom. The average Bonchev–Trinajstić information content (AvgIpc) is 2.71. The number of hydrogen-bond donors (Lipinski definition) is 0. The zero-order chi connectivity index (χ0) is 21.0. The third-order valence-corrected chi connectivity index (χ3v) is 5.71. The topological polar surface area (TPSA) is 46.6 Å². The SMILES string of the molecule is CCOC(=O)C1=C(CC)N(Cc2ccccc2C)C(=O)C[C@H]1c1ccccc1Cl. The Bertz CT molecular complexity index is 951. The molecule has 29 heavy (non-hydrogen) atoms. The zero-order valence-corrected chi connectivity index (χ0v) is 17.8. The fourth-order valence-electron chi connectivity index (χ4n) is 3.90. The standard InChI is InChI=1S/C24H26ClNO3/c1-4-21-23(24(28)29-5-2)19(18-12-8-9-13-20(18)25)14-22(27)26(21)15-17-11-7-6-10-16(17)3/h6-13,19H,4-5,14-15H2,1-3H3/t19-/m0/s1. The summed E-state index contributed by atoms with van der Waals surface area (Å²) in [5, 5.41) is 0.551. The second-order valence-corrected chi connectivity index (χ2v) is 7.53. The molecule has 1 aliphatic heterocycles. The Morgan fingerprint density at radius 2 is 1.83 bits per heavy atom. The van der Waals surface area contributed by atoms with Gasteiger partial charge in [-0.3, -0.25) is 4.79 Å². The largest absolute Gasteiger partial charge is 0.463 e. The van der Waals surface area contributed by atoms with Gasteiger partial charge in [-0.2, -0.15) is 0 Å². The Balaban J connectivity index is 2.12. The molecule has 0 spiro atoms. The summed E-state index contributed by atoms with van der Waals surface area (Å²) < 4.78 is 5.38. The normalized spacial score (nSPS) is 16.9. The van der Waals surface area contributed by atoms with Crippen LogP contribution in [0.5, 0.6) is 0 Å². The van der Waals surface area contributed by atoms with Gasteiger partial charge in [0.1, 0.15) is 0 Å². The van der Waals surface area contributed by atoms with Crippen LogP contribution >= 0.6 is 11.6 Å². The van der Waals surface area contributed by atoms with Crippen molar-refractivity contribution >= 4 is 23.5 Å². The number of allylic oxidation sites excluding steroid dienone is 1. The summed E-state index contributed by atoms with van der Waals surface area (Å²) in [4.78, 5) is 27.9. The van der Waals surface area contributed by atoms with Crippen molar-refractivity contribution in [2.24, 2.45) is 0 Å². The maximum absolute atomic E-state index is 13.2. The van der Waals surface area contributed by atoms with E-state index in [1.807, 2.05) is 56.3 Å². The molecule has 1 heterocycles. The summed E-state index contributed by atoms with van der Waals surface area (Å²) in [6, 6.07) is 15.4. The molecule has 0 aliphatic carbocycles. The Morgan fingerprint density at radius 3 is 2.48 bits per heavy atom. The van der Waals surface area contributed by atoms with Crippen molar-refractivity contribution in [3.05, 3.63) is 81.5 Å². The molecule has 0 fully saturated rings. The number of aryl methyl sites for hydroxylation is 1. The van der Waals surface area contributed by atoms with E-state index in [-0.39, 0.29) is 24.9 Å². The number of benzene rings is 2. The molecule has 0 N–H and O–H groups in total. The Hall–Kier alpha value is -2.59. The van der Waals surface area contributed by atoms with Crippen molar-refractivity contribution in [3.8, 4) is 0 Å². The van der Waals surface area contributed by atoms with E-state index in [4.69, 9.17) is 16.3 Å². The van der Waals surface area contributed by atoms with Gasteiger partial charge < -0.3 is 9.64 Å². The summed E-state index contributed by atoms with van der Waals surface area (Å²) in [7, 11) is 0. The van der Waals surface area contributed by atoms with Crippen LogP contribution in [0.25, 0.3) is 0 Å². The summed E-state index contributed by atoms with van der Waals surface area (Å²) >= 11 is 6.43. The van der Waals surface area contributed by atoms with Gasteiger partial charge in [-0.25, -0.2) is 4.79 Å². The lowest BCUT2D eigenvalue weighted by Crippen LogP contribution is -2.39. The highest BCUT2D eigenvalue weighted by Gasteiger charge is 2.38. The third kappa shape index (κ3) is 4.38. The summed E-state index contributed by atoms with van der Waals surface area (Å²) in [5.41, 5.74) is 4.21. The maximum Gasteiger partial charge on any atom is 0.336 e. The molecule has 5 heteroatoms. The van der Waals surface area contributed by atoms with Crippen LogP contribution in [0.3, 0.4) is 0 Å². The summed E-state index contributed by atoms with van der Waals surface area (Å²) in [6.07, 6.45) is 0.736. The number of ether oxygens (including phenoxy) is 1. The van der Waals surface area contributed by atoms with E-state index in [2.05, 4.69) is 0 Å². The van der Waals surface area contributed by atoms with Gasteiger partial charge in [0.05, 0.1) is 18.7 Å². The van der Waals surface area contributed by atoms with Crippen LogP contribution in [0.1, 0.15) is 49.3 Å². The highest BCUT2D eigenvalue weighted by Crippen LogP contribution is 2.41. The Kier molecular flexibility index (Phi) is 6.75. The number of hydrogen-bond acceptors (Lipinski definition) is 3. The quantitative estimate of drug-likeness (QED) is 0.598. The fraction of sp³-hybridized carbons (Fsp3) is 0.333. The van der Waals surface area contributed by atoms with Gasteiger partial charge in [0, 0.05) is 23.1 Å². The number of rotatable bonds is 6. The van der Waals surface area contributed by atoms with E-state index in [0.29, 0.717) is 29.3 Å². The molecule has 1 atom stereocenters. The van der Waals surface area contributed by atoms with Crippen molar-refractivity contribution in [3.63, 3.8) is 0 Å². The van der Waals surface area contributed by atoms with Crippen LogP contribution in [0, 0.1) is 6.92 Å². The minimum atomic E-state index is -0.404. The molecule has 4 nitrogen and oxygen atoms in total. The molecule has 0 aromatic heterocycles. The van der Waals surface area contributed by atoms with Crippen molar-refractivity contribution in [1.29, 1.82) is 0 Å². The lowest BCUT2D eigenvalue weighted by atomic mass is 9.82. The van der Waals surface area contributed by atoms with Gasteiger partial charge in [-0.15, -0.1) is 0 Å². The highest BCUT2D eigenvalue weighted by atomic mass is 35.5. The zero-order valence-electron chi connectivity index (χ0n) is 17.1. The minimum Gasteiger partial charge on any atom is -0.463 e. The number of carbonyl (C=O) groups is 2. The van der Waals surface area contributed by atoms with Crippen molar-refractivity contribution in [2.45, 2.75) is 46.1 Å². The number of esters is 1.